The molecule has 1 aliphatic heterocycles. The van der Waals surface area contributed by atoms with Crippen LogP contribution in [0.25, 0.3) is 0 Å². The normalized spacial score (nSPS) is 17.4. The highest BCUT2D eigenvalue weighted by atomic mass is 32.1. The van der Waals surface area contributed by atoms with E-state index in [-0.39, 0.29) is 11.9 Å². The number of methoxy groups -OCH3 is 1. The summed E-state index contributed by atoms with van der Waals surface area (Å²) >= 11 is 1.59. The molecule has 1 aromatic carbocycles. The molecular formula is C18H23N3O3S. The topological polar surface area (TPSA) is 63.7 Å². The van der Waals surface area contributed by atoms with Gasteiger partial charge in [0.1, 0.15) is 6.61 Å². The second-order valence-electron chi connectivity index (χ2n) is 6.06. The minimum absolute atomic E-state index is 0.0222. The van der Waals surface area contributed by atoms with Crippen molar-refractivity contribution >= 4 is 17.2 Å². The summed E-state index contributed by atoms with van der Waals surface area (Å²) in [5.41, 5.74) is 1.50. The van der Waals surface area contributed by atoms with Crippen molar-refractivity contribution < 1.29 is 14.3 Å². The number of aromatic nitrogens is 1. The number of nitrogens with one attached hydrogen (secondary N) is 1. The minimum Gasteiger partial charge on any atom is -0.493 e. The summed E-state index contributed by atoms with van der Waals surface area (Å²) in [6, 6.07) is 5.51. The van der Waals surface area contributed by atoms with Gasteiger partial charge in [0.15, 0.2) is 11.5 Å². The number of carbonyl (C=O) groups excluding carboxylic acids is 1. The first-order chi connectivity index (χ1) is 12.1. The van der Waals surface area contributed by atoms with Gasteiger partial charge in [-0.3, -0.25) is 4.79 Å². The maximum Gasteiger partial charge on any atom is 0.254 e. The summed E-state index contributed by atoms with van der Waals surface area (Å²) in [5.74, 6) is 1.19. The first-order valence-corrected chi connectivity index (χ1v) is 9.20. The third kappa shape index (κ3) is 4.11. The number of benzene rings is 1. The van der Waals surface area contributed by atoms with Gasteiger partial charge in [0, 0.05) is 36.6 Å². The Hall–Kier alpha value is -2.12. The Balaban J connectivity index is 1.73. The summed E-state index contributed by atoms with van der Waals surface area (Å²) in [5, 5.41) is 6.28. The number of amides is 1. The van der Waals surface area contributed by atoms with Gasteiger partial charge in [0.2, 0.25) is 0 Å². The van der Waals surface area contributed by atoms with Crippen LogP contribution in [0.4, 0.5) is 0 Å². The molecule has 2 aromatic rings. The number of thiazole rings is 1. The highest BCUT2D eigenvalue weighted by Gasteiger charge is 2.24. The summed E-state index contributed by atoms with van der Waals surface area (Å²) in [7, 11) is 1.58. The molecule has 0 spiro atoms. The molecule has 2 heterocycles. The summed E-state index contributed by atoms with van der Waals surface area (Å²) in [6.07, 6.45) is 0. The van der Waals surface area contributed by atoms with Gasteiger partial charge in [-0.15, -0.1) is 11.3 Å². The van der Waals surface area contributed by atoms with Crippen LogP contribution < -0.4 is 14.8 Å². The largest absolute Gasteiger partial charge is 0.493 e. The van der Waals surface area contributed by atoms with Gasteiger partial charge in [-0.05, 0) is 32.0 Å². The summed E-state index contributed by atoms with van der Waals surface area (Å²) in [6.45, 7) is 6.74. The van der Waals surface area contributed by atoms with Gasteiger partial charge in [0.25, 0.3) is 5.91 Å². The van der Waals surface area contributed by atoms with Crippen molar-refractivity contribution in [1.29, 1.82) is 0 Å². The van der Waals surface area contributed by atoms with E-state index in [0.29, 0.717) is 30.2 Å². The van der Waals surface area contributed by atoms with Crippen molar-refractivity contribution in [2.45, 2.75) is 26.5 Å². The fourth-order valence-corrected chi connectivity index (χ4v) is 3.45. The van der Waals surface area contributed by atoms with Crippen LogP contribution in [0.1, 0.15) is 28.0 Å². The fraction of sp³-hybridized carbons (Fsp3) is 0.444. The lowest BCUT2D eigenvalue weighted by atomic mass is 10.1. The monoisotopic (exact) mass is 361 g/mol. The van der Waals surface area contributed by atoms with Crippen molar-refractivity contribution in [3.63, 3.8) is 0 Å². The average molecular weight is 361 g/mol. The van der Waals surface area contributed by atoms with Gasteiger partial charge in [-0.1, -0.05) is 0 Å². The van der Waals surface area contributed by atoms with Crippen molar-refractivity contribution in [2.24, 2.45) is 0 Å². The third-order valence-corrected chi connectivity index (χ3v) is 5.04. The Morgan fingerprint density at radius 1 is 1.44 bits per heavy atom. The van der Waals surface area contributed by atoms with Gasteiger partial charge >= 0.3 is 0 Å². The highest BCUT2D eigenvalue weighted by Crippen LogP contribution is 2.29. The molecule has 0 aliphatic carbocycles. The molecular weight excluding hydrogens is 338 g/mol. The van der Waals surface area contributed by atoms with Crippen LogP contribution in [0.2, 0.25) is 0 Å². The van der Waals surface area contributed by atoms with E-state index in [1.807, 2.05) is 17.2 Å². The van der Waals surface area contributed by atoms with Crippen molar-refractivity contribution in [3.8, 4) is 11.5 Å². The van der Waals surface area contributed by atoms with Crippen LogP contribution in [-0.2, 0) is 6.61 Å². The van der Waals surface area contributed by atoms with Crippen molar-refractivity contribution in [2.75, 3.05) is 26.7 Å². The second kappa shape index (κ2) is 7.84. The number of rotatable bonds is 5. The smallest absolute Gasteiger partial charge is 0.254 e. The first-order valence-electron chi connectivity index (χ1n) is 8.32. The van der Waals surface area contributed by atoms with E-state index in [1.54, 1.807) is 36.6 Å². The predicted molar refractivity (Wildman–Crippen MR) is 97.5 cm³/mol. The Bertz CT molecular complexity index is 747. The Morgan fingerprint density at radius 3 is 2.96 bits per heavy atom. The lowest BCUT2D eigenvalue weighted by molar-refractivity contribution is 0.0655. The molecule has 1 aromatic heterocycles. The van der Waals surface area contributed by atoms with E-state index in [1.165, 1.54) is 0 Å². The number of nitrogens with zero attached hydrogens (tertiary/aromatic N) is 2. The van der Waals surface area contributed by atoms with E-state index >= 15 is 0 Å². The number of carbonyl (C=O) groups is 1. The molecule has 3 rings (SSSR count). The molecule has 0 bridgehead atoms. The van der Waals surface area contributed by atoms with Crippen LogP contribution in [0.3, 0.4) is 0 Å². The van der Waals surface area contributed by atoms with Crippen LogP contribution in [0.5, 0.6) is 11.5 Å². The molecule has 1 amide bonds. The second-order valence-corrected chi connectivity index (χ2v) is 7.13. The Morgan fingerprint density at radius 2 is 2.28 bits per heavy atom. The molecule has 1 atom stereocenters. The van der Waals surface area contributed by atoms with Gasteiger partial charge in [0.05, 0.1) is 17.8 Å². The Kier molecular flexibility index (Phi) is 5.55. The quantitative estimate of drug-likeness (QED) is 0.886. The zero-order chi connectivity index (χ0) is 17.8. The highest BCUT2D eigenvalue weighted by molar-refractivity contribution is 7.09. The third-order valence-electron chi connectivity index (χ3n) is 4.21. The van der Waals surface area contributed by atoms with Gasteiger partial charge < -0.3 is 19.7 Å². The maximum absolute atomic E-state index is 12.8. The zero-order valence-electron chi connectivity index (χ0n) is 14.7. The van der Waals surface area contributed by atoms with E-state index in [0.717, 1.165) is 23.8 Å². The lowest BCUT2D eigenvalue weighted by Crippen LogP contribution is -2.52. The molecule has 134 valence electrons. The van der Waals surface area contributed by atoms with Gasteiger partial charge in [-0.2, -0.15) is 0 Å². The molecule has 6 nitrogen and oxygen atoms in total. The molecule has 0 radical (unpaired) electrons. The molecule has 1 saturated heterocycles. The van der Waals surface area contributed by atoms with Crippen molar-refractivity contribution in [1.82, 2.24) is 15.2 Å². The molecule has 0 unspecified atom stereocenters. The molecule has 25 heavy (non-hydrogen) atoms. The predicted octanol–water partition coefficient (Wildman–Crippen LogP) is 2.47. The number of ether oxygens (including phenoxy) is 2. The minimum atomic E-state index is 0.0222. The SMILES string of the molecule is COc1cc(C(=O)N2CCNC[C@@H]2C)ccc1OCc1csc(C)n1. The van der Waals surface area contributed by atoms with E-state index in [2.05, 4.69) is 17.2 Å². The Labute approximate surface area is 151 Å². The van der Waals surface area contributed by atoms with Crippen LogP contribution in [0, 0.1) is 6.92 Å². The van der Waals surface area contributed by atoms with Gasteiger partial charge in [-0.25, -0.2) is 4.98 Å². The first kappa shape index (κ1) is 17.7. The maximum atomic E-state index is 12.8. The molecule has 0 saturated carbocycles. The number of hydrogen-bond donors (Lipinski definition) is 1. The van der Waals surface area contributed by atoms with Crippen LogP contribution in [-0.4, -0.2) is 48.6 Å². The number of hydrogen-bond acceptors (Lipinski definition) is 6. The van der Waals surface area contributed by atoms with Crippen LogP contribution in [0.15, 0.2) is 23.6 Å². The van der Waals surface area contributed by atoms with Crippen molar-refractivity contribution in [3.05, 3.63) is 39.8 Å². The molecule has 1 N–H and O–H groups in total. The fourth-order valence-electron chi connectivity index (χ4n) is 2.85. The lowest BCUT2D eigenvalue weighted by Gasteiger charge is -2.34. The zero-order valence-corrected chi connectivity index (χ0v) is 15.6. The van der Waals surface area contributed by atoms with Crippen LogP contribution >= 0.6 is 11.3 Å². The average Bonchev–Trinajstić information content (AvgIpc) is 3.05. The molecule has 1 aliphatic rings. The standard InChI is InChI=1S/C18H23N3O3S/c1-12-9-19-6-7-21(12)18(22)14-4-5-16(17(8-14)23-3)24-10-15-11-25-13(2)20-15/h4-5,8,11-12,19H,6-7,9-10H2,1-3H3/t12-/m0/s1. The summed E-state index contributed by atoms with van der Waals surface area (Å²) < 4.78 is 11.2. The number of piperazine rings is 1. The van der Waals surface area contributed by atoms with E-state index < -0.39 is 0 Å². The summed E-state index contributed by atoms with van der Waals surface area (Å²) in [4.78, 5) is 19.0. The van der Waals surface area contributed by atoms with E-state index in [4.69, 9.17) is 9.47 Å². The molecule has 7 heteroatoms. The molecule has 1 fully saturated rings. The van der Waals surface area contributed by atoms with E-state index in [9.17, 15) is 4.79 Å². The number of aryl methyl sites for hydroxylation is 1.